The maximum absolute atomic E-state index is 10.3. The molecule has 50 heavy (non-hydrogen) atoms. The molecule has 0 fully saturated rings. The van der Waals surface area contributed by atoms with Crippen LogP contribution in [-0.4, -0.2) is 0 Å². The molecule has 0 N–H and O–H groups in total. The zero-order valence-corrected chi connectivity index (χ0v) is 31.0. The van der Waals surface area contributed by atoms with Crippen molar-refractivity contribution in [3.8, 4) is 50.6 Å². The second-order valence-corrected chi connectivity index (χ2v) is 14.3. The molecular weight excluding hydrogens is 643 g/mol. The van der Waals surface area contributed by atoms with Crippen molar-refractivity contribution in [1.29, 1.82) is 5.26 Å². The van der Waals surface area contributed by atoms with E-state index >= 15 is 0 Å². The van der Waals surface area contributed by atoms with Gasteiger partial charge in [0.15, 0.2) is 0 Å². The van der Waals surface area contributed by atoms with Gasteiger partial charge in [0.25, 0.3) is 0 Å². The van der Waals surface area contributed by atoms with Gasteiger partial charge in [-0.3, -0.25) is 0 Å². The predicted molar refractivity (Wildman–Crippen MR) is 224 cm³/mol. The van der Waals surface area contributed by atoms with Crippen molar-refractivity contribution < 1.29 is 0 Å². The highest BCUT2D eigenvalue weighted by Gasteiger charge is 2.13. The van der Waals surface area contributed by atoms with Crippen LogP contribution in [0.4, 0.5) is 0 Å². The Morgan fingerprint density at radius 2 is 1.20 bits per heavy atom. The summed E-state index contributed by atoms with van der Waals surface area (Å²) in [5, 5.41) is 12.8. The number of nitrogens with zero attached hydrogens (tertiary/aromatic N) is 1. The lowest BCUT2D eigenvalue weighted by molar-refractivity contribution is 1.23. The quantitative estimate of drug-likeness (QED) is 0.156. The van der Waals surface area contributed by atoms with Crippen LogP contribution in [0.5, 0.6) is 0 Å². The molecule has 0 aliphatic rings. The van der Waals surface area contributed by atoms with E-state index in [0.29, 0.717) is 5.56 Å². The number of hydrogen-bond acceptors (Lipinski definition) is 3. The van der Waals surface area contributed by atoms with Gasteiger partial charge in [-0.15, -0.1) is 22.7 Å². The number of rotatable bonds is 8. The third kappa shape index (κ3) is 6.78. The number of allylic oxidation sites excluding steroid dienone is 2. The number of benzene rings is 5. The summed E-state index contributed by atoms with van der Waals surface area (Å²) in [6.45, 7) is 14.5. The molecule has 0 aliphatic heterocycles. The van der Waals surface area contributed by atoms with Crippen molar-refractivity contribution in [3.63, 3.8) is 0 Å². The van der Waals surface area contributed by atoms with Crippen LogP contribution >= 0.6 is 22.7 Å². The molecule has 0 saturated carbocycles. The Balaban J connectivity index is 0.00000212. The van der Waals surface area contributed by atoms with Gasteiger partial charge in [-0.05, 0) is 118 Å². The smallest absolute Gasteiger partial charge is 0.0998 e. The van der Waals surface area contributed by atoms with E-state index in [4.69, 9.17) is 0 Å². The lowest BCUT2D eigenvalue weighted by atomic mass is 9.92. The average molecular weight is 684 g/mol. The summed E-state index contributed by atoms with van der Waals surface area (Å²) in [5.41, 5.74) is 11.9. The van der Waals surface area contributed by atoms with Crippen LogP contribution in [0.2, 0.25) is 0 Å². The van der Waals surface area contributed by atoms with E-state index < -0.39 is 0 Å². The Bertz CT molecular complexity index is 2440. The maximum Gasteiger partial charge on any atom is 0.0998 e. The number of fused-ring (bicyclic) bond motifs is 2. The Kier molecular flexibility index (Phi) is 10.7. The van der Waals surface area contributed by atoms with Crippen LogP contribution in [0.15, 0.2) is 122 Å². The molecule has 5 aromatic carbocycles. The highest BCUT2D eigenvalue weighted by atomic mass is 32.1. The van der Waals surface area contributed by atoms with Crippen LogP contribution < -0.4 is 0 Å². The highest BCUT2D eigenvalue weighted by Crippen LogP contribution is 2.39. The van der Waals surface area contributed by atoms with Crippen molar-refractivity contribution in [2.75, 3.05) is 0 Å². The van der Waals surface area contributed by atoms with E-state index in [1.54, 1.807) is 11.3 Å². The molecule has 2 heterocycles. The zero-order chi connectivity index (χ0) is 35.2. The molecule has 2 aromatic heterocycles. The lowest BCUT2D eigenvalue weighted by Crippen LogP contribution is -1.88. The van der Waals surface area contributed by atoms with Crippen molar-refractivity contribution in [2.45, 2.75) is 41.0 Å². The number of hydrogen-bond donors (Lipinski definition) is 0. The molecule has 0 atom stereocenters. The lowest BCUT2D eigenvalue weighted by Gasteiger charge is -2.11. The summed E-state index contributed by atoms with van der Waals surface area (Å²) in [6.07, 6.45) is 11.7. The molecule has 7 rings (SSSR count). The number of nitriles is 1. The summed E-state index contributed by atoms with van der Waals surface area (Å²) in [4.78, 5) is 2.57. The molecular formula is C47H41NS2. The van der Waals surface area contributed by atoms with Crippen LogP contribution in [0.25, 0.3) is 82.9 Å². The van der Waals surface area contributed by atoms with Crippen LogP contribution in [0.3, 0.4) is 0 Å². The fraction of sp³-hybridized carbons (Fsp3) is 0.128. The first-order valence-electron chi connectivity index (χ1n) is 17.3. The molecule has 0 bridgehead atoms. The summed E-state index contributed by atoms with van der Waals surface area (Å²) in [7, 11) is 0. The summed E-state index contributed by atoms with van der Waals surface area (Å²) in [5.74, 6) is 0. The van der Waals surface area contributed by atoms with Gasteiger partial charge in [0.1, 0.15) is 0 Å². The van der Waals surface area contributed by atoms with Gasteiger partial charge in [0.05, 0.1) is 11.6 Å². The van der Waals surface area contributed by atoms with Gasteiger partial charge in [-0.25, -0.2) is 0 Å². The van der Waals surface area contributed by atoms with Gasteiger partial charge in [0, 0.05) is 24.5 Å². The second-order valence-electron chi connectivity index (χ2n) is 11.9. The Labute approximate surface area is 304 Å². The highest BCUT2D eigenvalue weighted by molar-refractivity contribution is 7.20. The standard InChI is InChI=1S/C45H35NS2.C2H6/c1-5-8-16-39-29(4)47-44-26-34(19-22-42(39)44)32-14-10-15-36(24-32)40-20-17-33(25-37(40)28-46)30-12-9-13-31(23-30)35-18-21-41-38(7-3)43(11-6-2)48-45(41)27-35;1-2/h6-27H,3,5H2,1-2,4H3;1-2H3/b11-6-,16-8-;. The van der Waals surface area contributed by atoms with E-state index in [9.17, 15) is 5.26 Å². The average Bonchev–Trinajstić information content (AvgIpc) is 3.68. The van der Waals surface area contributed by atoms with E-state index in [1.165, 1.54) is 52.2 Å². The SMILES string of the molecule is C=Cc1c(/C=C\C)sc2cc(-c3cccc(-c4ccc(-c5cccc(-c6ccc7c(/C=C\CC)c(C)sc7c6)c5)c(C#N)c4)c3)ccc12.CC. The van der Waals surface area contributed by atoms with Crippen molar-refractivity contribution in [2.24, 2.45) is 0 Å². The van der Waals surface area contributed by atoms with Gasteiger partial charge >= 0.3 is 0 Å². The first-order valence-corrected chi connectivity index (χ1v) is 18.9. The van der Waals surface area contributed by atoms with E-state index in [1.807, 2.05) is 44.3 Å². The second kappa shape index (κ2) is 15.5. The molecule has 0 aliphatic carbocycles. The minimum Gasteiger partial charge on any atom is -0.192 e. The van der Waals surface area contributed by atoms with Crippen molar-refractivity contribution in [3.05, 3.63) is 148 Å². The van der Waals surface area contributed by atoms with Gasteiger partial charge < -0.3 is 0 Å². The van der Waals surface area contributed by atoms with Gasteiger partial charge in [0.2, 0.25) is 0 Å². The fourth-order valence-corrected chi connectivity index (χ4v) is 8.78. The first-order chi connectivity index (χ1) is 24.5. The molecule has 7 aromatic rings. The van der Waals surface area contributed by atoms with Crippen molar-refractivity contribution >= 4 is 61.1 Å². The van der Waals surface area contributed by atoms with Gasteiger partial charge in [-0.1, -0.05) is 124 Å². The third-order valence-electron chi connectivity index (χ3n) is 8.89. The molecule has 0 amide bonds. The van der Waals surface area contributed by atoms with E-state index in [-0.39, 0.29) is 0 Å². The zero-order valence-electron chi connectivity index (χ0n) is 29.4. The number of thiophene rings is 2. The molecule has 3 heteroatoms. The number of aryl methyl sites for hydroxylation is 1. The monoisotopic (exact) mass is 683 g/mol. The summed E-state index contributed by atoms with van der Waals surface area (Å²) < 4.78 is 2.55. The molecule has 0 saturated heterocycles. The van der Waals surface area contributed by atoms with Crippen LogP contribution in [0.1, 0.15) is 60.6 Å². The molecule has 0 spiro atoms. The topological polar surface area (TPSA) is 23.8 Å². The summed E-state index contributed by atoms with van der Waals surface area (Å²) >= 11 is 3.64. The normalized spacial score (nSPS) is 11.3. The minimum absolute atomic E-state index is 0.667. The molecule has 1 nitrogen and oxygen atoms in total. The summed E-state index contributed by atoms with van der Waals surface area (Å²) in [6, 6.07) is 39.3. The first kappa shape index (κ1) is 34.6. The largest absolute Gasteiger partial charge is 0.192 e. The van der Waals surface area contributed by atoms with Crippen molar-refractivity contribution in [1.82, 2.24) is 0 Å². The Morgan fingerprint density at radius 3 is 1.80 bits per heavy atom. The molecule has 0 unspecified atom stereocenters. The van der Waals surface area contributed by atoms with E-state index in [0.717, 1.165) is 39.8 Å². The molecule has 246 valence electrons. The maximum atomic E-state index is 10.3. The van der Waals surface area contributed by atoms with Crippen LogP contribution in [0, 0.1) is 18.3 Å². The van der Waals surface area contributed by atoms with E-state index in [2.05, 4.69) is 148 Å². The Hall–Kier alpha value is -5.27. The minimum atomic E-state index is 0.667. The third-order valence-corrected chi connectivity index (χ3v) is 11.1. The van der Waals surface area contributed by atoms with Gasteiger partial charge in [-0.2, -0.15) is 5.26 Å². The Morgan fingerprint density at radius 1 is 0.660 bits per heavy atom. The fourth-order valence-electron chi connectivity index (χ4n) is 6.47. The molecule has 0 radical (unpaired) electrons. The predicted octanol–water partition coefficient (Wildman–Crippen LogP) is 15.1. The van der Waals surface area contributed by atoms with Crippen LogP contribution in [-0.2, 0) is 0 Å².